The summed E-state index contributed by atoms with van der Waals surface area (Å²) in [6.07, 6.45) is 0.975. The van der Waals surface area contributed by atoms with E-state index in [2.05, 4.69) is 5.32 Å². The Hall–Kier alpha value is -2.30. The summed E-state index contributed by atoms with van der Waals surface area (Å²) in [5.74, 6) is -1.11. The summed E-state index contributed by atoms with van der Waals surface area (Å²) < 4.78 is 0. The highest BCUT2D eigenvalue weighted by molar-refractivity contribution is 5.85. The van der Waals surface area contributed by atoms with Crippen molar-refractivity contribution >= 4 is 48.1 Å². The molecule has 0 fully saturated rings. The molecule has 0 saturated heterocycles. The highest BCUT2D eigenvalue weighted by atomic mass is 35.5. The Morgan fingerprint density at radius 2 is 1.83 bits per heavy atom. The number of guanidine groups is 1. The van der Waals surface area contributed by atoms with E-state index in [1.165, 1.54) is 24.3 Å². The molecular weight excluding hydrogens is 363 g/mol. The van der Waals surface area contributed by atoms with Gasteiger partial charge in [-0.25, -0.2) is 0 Å². The third kappa shape index (κ3) is 13.4. The van der Waals surface area contributed by atoms with E-state index < -0.39 is 16.9 Å². The third-order valence-electron chi connectivity index (χ3n) is 2.43. The summed E-state index contributed by atoms with van der Waals surface area (Å²) in [5, 5.41) is 27.8. The summed E-state index contributed by atoms with van der Waals surface area (Å²) in [6, 6.07) is 4.92. The molecule has 24 heavy (non-hydrogen) atoms. The summed E-state index contributed by atoms with van der Waals surface area (Å²) in [6.45, 7) is 0.482. The molecule has 0 bridgehead atoms. The molecule has 0 amide bonds. The van der Waals surface area contributed by atoms with Crippen LogP contribution in [0, 0.1) is 15.5 Å². The molecule has 0 aliphatic carbocycles. The number of hydrogen-bond donors (Lipinski definition) is 6. The highest BCUT2D eigenvalue weighted by Crippen LogP contribution is 2.12. The van der Waals surface area contributed by atoms with Crippen LogP contribution in [0.2, 0.25) is 0 Å². The number of nitro benzene ring substituents is 1. The zero-order chi connectivity index (χ0) is 17.1. The van der Waals surface area contributed by atoms with Crippen molar-refractivity contribution in [3.8, 4) is 0 Å². The summed E-state index contributed by atoms with van der Waals surface area (Å²) >= 11 is 0. The number of halogens is 2. The lowest BCUT2D eigenvalue weighted by atomic mass is 10.2. The van der Waals surface area contributed by atoms with Crippen LogP contribution in [0.25, 0.3) is 0 Å². The first-order chi connectivity index (χ1) is 10.2. The van der Waals surface area contributed by atoms with Gasteiger partial charge in [0.15, 0.2) is 5.96 Å². The van der Waals surface area contributed by atoms with Gasteiger partial charge in [0.2, 0.25) is 0 Å². The number of nitrogens with two attached hydrogens (primary N) is 3. The van der Waals surface area contributed by atoms with Gasteiger partial charge in [0, 0.05) is 24.4 Å². The fraction of sp³-hybridized carbons (Fsp3) is 0.333. The molecule has 0 saturated carbocycles. The standard InChI is InChI=1S/C6H14N4O2.C6H6N2O2.2ClH/c7-4(5(11)12)2-1-3-10-6(8)9;7-5-1-3-6(4-2-5)8(9)10;;/h4H,1-3,7H2,(H,11,12)(H4,8,9,10);1-4H,7H2;2*1H/t4-;;;/m0.../s1. The normalized spacial score (nSPS) is 9.88. The summed E-state index contributed by atoms with van der Waals surface area (Å²) in [5.41, 5.74) is 16.1. The monoisotopic (exact) mass is 384 g/mol. The van der Waals surface area contributed by atoms with E-state index in [1.807, 2.05) is 0 Å². The van der Waals surface area contributed by atoms with Gasteiger partial charge < -0.3 is 27.6 Å². The Labute approximate surface area is 151 Å². The molecule has 0 aliphatic rings. The average molecular weight is 385 g/mol. The average Bonchev–Trinajstić information content (AvgIpc) is 2.44. The van der Waals surface area contributed by atoms with E-state index in [0.717, 1.165) is 0 Å². The number of nitro groups is 1. The van der Waals surface area contributed by atoms with Gasteiger partial charge in [0.25, 0.3) is 5.69 Å². The molecule has 0 spiro atoms. The fourth-order valence-electron chi connectivity index (χ4n) is 1.26. The number of hydrogen-bond acceptors (Lipinski definition) is 6. The van der Waals surface area contributed by atoms with Crippen molar-refractivity contribution in [2.45, 2.75) is 18.9 Å². The van der Waals surface area contributed by atoms with Crippen LogP contribution in [-0.2, 0) is 4.79 Å². The number of nitrogen functional groups attached to an aromatic ring is 1. The molecule has 0 unspecified atom stereocenters. The SMILES string of the molecule is Cl.Cl.N=C(N)NCCC[C@H](N)C(=O)O.Nc1ccc([N+](=O)[O-])cc1. The molecular formula is C12H22Cl2N6O4. The number of nitrogens with one attached hydrogen (secondary N) is 2. The van der Waals surface area contributed by atoms with Crippen LogP contribution in [0.4, 0.5) is 11.4 Å². The molecule has 0 aromatic heterocycles. The first-order valence-electron chi connectivity index (χ1n) is 6.30. The zero-order valence-electron chi connectivity index (χ0n) is 12.7. The molecule has 12 heteroatoms. The topological polar surface area (TPSA) is 194 Å². The minimum Gasteiger partial charge on any atom is -0.480 e. The zero-order valence-corrected chi connectivity index (χ0v) is 14.3. The van der Waals surface area contributed by atoms with Crippen molar-refractivity contribution in [1.82, 2.24) is 5.32 Å². The van der Waals surface area contributed by atoms with Crippen LogP contribution < -0.4 is 22.5 Å². The minimum absolute atomic E-state index is 0. The second-order valence-electron chi connectivity index (χ2n) is 4.28. The number of non-ortho nitro benzene ring substituents is 1. The van der Waals surface area contributed by atoms with E-state index in [9.17, 15) is 14.9 Å². The number of rotatable bonds is 6. The predicted molar refractivity (Wildman–Crippen MR) is 96.8 cm³/mol. The number of benzene rings is 1. The molecule has 1 rings (SSSR count). The Balaban J connectivity index is -0.000000342. The minimum atomic E-state index is -1.00. The van der Waals surface area contributed by atoms with Crippen molar-refractivity contribution in [3.05, 3.63) is 34.4 Å². The van der Waals surface area contributed by atoms with Crippen LogP contribution in [0.3, 0.4) is 0 Å². The van der Waals surface area contributed by atoms with Crippen molar-refractivity contribution in [3.63, 3.8) is 0 Å². The summed E-state index contributed by atoms with van der Waals surface area (Å²) in [4.78, 5) is 19.8. The van der Waals surface area contributed by atoms with Crippen molar-refractivity contribution in [2.24, 2.45) is 11.5 Å². The van der Waals surface area contributed by atoms with Gasteiger partial charge in [-0.1, -0.05) is 0 Å². The van der Waals surface area contributed by atoms with Crippen molar-refractivity contribution in [1.29, 1.82) is 5.41 Å². The van der Waals surface area contributed by atoms with E-state index >= 15 is 0 Å². The lowest BCUT2D eigenvalue weighted by molar-refractivity contribution is -0.384. The molecule has 10 nitrogen and oxygen atoms in total. The predicted octanol–water partition coefficient (Wildman–Crippen LogP) is 0.682. The van der Waals surface area contributed by atoms with E-state index in [1.54, 1.807) is 0 Å². The first-order valence-corrected chi connectivity index (χ1v) is 6.30. The third-order valence-corrected chi connectivity index (χ3v) is 2.43. The highest BCUT2D eigenvalue weighted by Gasteiger charge is 2.09. The molecule has 1 aromatic carbocycles. The first kappa shape index (κ1) is 26.6. The second kappa shape index (κ2) is 14.3. The van der Waals surface area contributed by atoms with E-state index in [-0.39, 0.29) is 36.5 Å². The van der Waals surface area contributed by atoms with E-state index in [4.69, 9.17) is 27.7 Å². The smallest absolute Gasteiger partial charge is 0.320 e. The Bertz CT molecular complexity index is 515. The molecule has 0 aliphatic heterocycles. The van der Waals surface area contributed by atoms with Gasteiger partial charge >= 0.3 is 5.97 Å². The molecule has 1 aromatic rings. The van der Waals surface area contributed by atoms with Crippen LogP contribution in [0.15, 0.2) is 24.3 Å². The number of carbonyl (C=O) groups is 1. The Morgan fingerprint density at radius 3 is 2.21 bits per heavy atom. The molecule has 9 N–H and O–H groups in total. The van der Waals surface area contributed by atoms with Crippen LogP contribution in [-0.4, -0.2) is 34.5 Å². The lowest BCUT2D eigenvalue weighted by Gasteiger charge is -2.06. The summed E-state index contributed by atoms with van der Waals surface area (Å²) in [7, 11) is 0. The Morgan fingerprint density at radius 1 is 1.33 bits per heavy atom. The fourth-order valence-corrected chi connectivity index (χ4v) is 1.26. The van der Waals surface area contributed by atoms with Gasteiger partial charge in [0.1, 0.15) is 6.04 Å². The maximum Gasteiger partial charge on any atom is 0.320 e. The maximum atomic E-state index is 10.2. The van der Waals surface area contributed by atoms with E-state index in [0.29, 0.717) is 25.1 Å². The van der Waals surface area contributed by atoms with Gasteiger partial charge in [-0.3, -0.25) is 20.3 Å². The maximum absolute atomic E-state index is 10.2. The second-order valence-corrected chi connectivity index (χ2v) is 4.28. The quantitative estimate of drug-likeness (QED) is 0.103. The largest absolute Gasteiger partial charge is 0.480 e. The number of aliphatic carboxylic acids is 1. The van der Waals surface area contributed by atoms with Crippen LogP contribution >= 0.6 is 24.8 Å². The Kier molecular flexibility index (Phi) is 15.8. The van der Waals surface area contributed by atoms with Gasteiger partial charge in [0.05, 0.1) is 4.92 Å². The molecule has 138 valence electrons. The molecule has 1 atom stereocenters. The number of nitrogens with zero attached hydrogens (tertiary/aromatic N) is 1. The number of carboxylic acids is 1. The lowest BCUT2D eigenvalue weighted by Crippen LogP contribution is -2.34. The van der Waals surface area contributed by atoms with Gasteiger partial charge in [-0.05, 0) is 25.0 Å². The van der Waals surface area contributed by atoms with Crippen LogP contribution in [0.1, 0.15) is 12.8 Å². The van der Waals surface area contributed by atoms with Crippen molar-refractivity contribution in [2.75, 3.05) is 12.3 Å². The van der Waals surface area contributed by atoms with Crippen LogP contribution in [0.5, 0.6) is 0 Å². The molecule has 0 radical (unpaired) electrons. The molecule has 0 heterocycles. The van der Waals surface area contributed by atoms with Gasteiger partial charge in [-0.15, -0.1) is 24.8 Å². The number of carboxylic acid groups (broad SMARTS) is 1. The van der Waals surface area contributed by atoms with Gasteiger partial charge in [-0.2, -0.15) is 0 Å². The number of anilines is 1. The van der Waals surface area contributed by atoms with Crippen molar-refractivity contribution < 1.29 is 14.8 Å².